The Hall–Kier alpha value is -0.0400. The van der Waals surface area contributed by atoms with Crippen LogP contribution >= 0.6 is 0 Å². The monoisotopic (exact) mass is 239 g/mol. The molecule has 1 nitrogen and oxygen atoms in total. The average molecular weight is 239 g/mol. The summed E-state index contributed by atoms with van der Waals surface area (Å²) >= 11 is 0. The first-order chi connectivity index (χ1) is 7.97. The minimum atomic E-state index is 0.512. The third-order valence-electron chi connectivity index (χ3n) is 4.55. The van der Waals surface area contributed by atoms with Gasteiger partial charge in [-0.05, 0) is 49.9 Å². The second kappa shape index (κ2) is 6.78. The average Bonchev–Trinajstić information content (AvgIpc) is 2.28. The Morgan fingerprint density at radius 2 is 1.65 bits per heavy atom. The van der Waals surface area contributed by atoms with Crippen molar-refractivity contribution in [3.8, 4) is 0 Å². The van der Waals surface area contributed by atoms with Crippen LogP contribution in [-0.4, -0.2) is 12.1 Å². The molecule has 0 aromatic carbocycles. The van der Waals surface area contributed by atoms with Crippen molar-refractivity contribution in [1.82, 2.24) is 5.32 Å². The minimum absolute atomic E-state index is 0.512. The topological polar surface area (TPSA) is 12.0 Å². The first-order valence-corrected chi connectivity index (χ1v) is 7.73. The fourth-order valence-corrected chi connectivity index (χ4v) is 3.21. The lowest BCUT2D eigenvalue weighted by molar-refractivity contribution is 0.155. The zero-order chi connectivity index (χ0) is 12.9. The van der Waals surface area contributed by atoms with E-state index in [1.165, 1.54) is 44.9 Å². The lowest BCUT2D eigenvalue weighted by Crippen LogP contribution is -2.41. The third kappa shape index (κ3) is 4.99. The largest absolute Gasteiger partial charge is 0.311 e. The SMILES string of the molecule is CCCC(CC)NC1CCC(C(C)(C)C)CC1. The molecule has 0 aliphatic heterocycles. The summed E-state index contributed by atoms with van der Waals surface area (Å²) in [6, 6.07) is 1.56. The van der Waals surface area contributed by atoms with Crippen LogP contribution in [0.2, 0.25) is 0 Å². The van der Waals surface area contributed by atoms with E-state index in [1.807, 2.05) is 0 Å². The van der Waals surface area contributed by atoms with Crippen LogP contribution in [0, 0.1) is 11.3 Å². The molecule has 1 rings (SSSR count). The zero-order valence-electron chi connectivity index (χ0n) is 12.7. The summed E-state index contributed by atoms with van der Waals surface area (Å²) < 4.78 is 0. The van der Waals surface area contributed by atoms with Crippen molar-refractivity contribution >= 4 is 0 Å². The van der Waals surface area contributed by atoms with Crippen LogP contribution in [0.3, 0.4) is 0 Å². The van der Waals surface area contributed by atoms with Crippen molar-refractivity contribution in [1.29, 1.82) is 0 Å². The lowest BCUT2D eigenvalue weighted by Gasteiger charge is -2.38. The molecule has 0 saturated heterocycles. The predicted octanol–water partition coefficient (Wildman–Crippen LogP) is 4.76. The van der Waals surface area contributed by atoms with E-state index in [2.05, 4.69) is 39.9 Å². The fourth-order valence-electron chi connectivity index (χ4n) is 3.21. The van der Waals surface area contributed by atoms with Gasteiger partial charge in [0.05, 0.1) is 0 Å². The number of hydrogen-bond acceptors (Lipinski definition) is 1. The second-order valence-corrected chi connectivity index (χ2v) is 6.98. The number of hydrogen-bond donors (Lipinski definition) is 1. The zero-order valence-corrected chi connectivity index (χ0v) is 12.7. The number of nitrogens with one attached hydrogen (secondary N) is 1. The van der Waals surface area contributed by atoms with Gasteiger partial charge < -0.3 is 5.32 Å². The molecule has 1 unspecified atom stereocenters. The van der Waals surface area contributed by atoms with E-state index in [4.69, 9.17) is 0 Å². The van der Waals surface area contributed by atoms with Crippen molar-refractivity contribution in [2.75, 3.05) is 0 Å². The maximum Gasteiger partial charge on any atom is 0.00698 e. The van der Waals surface area contributed by atoms with Crippen LogP contribution in [0.5, 0.6) is 0 Å². The van der Waals surface area contributed by atoms with Gasteiger partial charge in [-0.25, -0.2) is 0 Å². The van der Waals surface area contributed by atoms with Crippen LogP contribution in [-0.2, 0) is 0 Å². The van der Waals surface area contributed by atoms with Gasteiger partial charge in [0.15, 0.2) is 0 Å². The summed E-state index contributed by atoms with van der Waals surface area (Å²) in [6.45, 7) is 11.8. The Kier molecular flexibility index (Phi) is 5.99. The fraction of sp³-hybridized carbons (Fsp3) is 1.00. The molecule has 0 heterocycles. The molecular weight excluding hydrogens is 206 g/mol. The second-order valence-electron chi connectivity index (χ2n) is 6.98. The normalized spacial score (nSPS) is 28.1. The van der Waals surface area contributed by atoms with E-state index >= 15 is 0 Å². The van der Waals surface area contributed by atoms with Crippen molar-refractivity contribution in [2.24, 2.45) is 11.3 Å². The summed E-state index contributed by atoms with van der Waals surface area (Å²) in [6.07, 6.45) is 9.56. The summed E-state index contributed by atoms with van der Waals surface area (Å²) in [5.74, 6) is 0.937. The highest BCUT2D eigenvalue weighted by Crippen LogP contribution is 2.37. The maximum atomic E-state index is 3.88. The Bertz CT molecular complexity index is 196. The minimum Gasteiger partial charge on any atom is -0.311 e. The molecule has 0 aromatic heterocycles. The summed E-state index contributed by atoms with van der Waals surface area (Å²) in [5, 5.41) is 3.88. The van der Waals surface area contributed by atoms with Gasteiger partial charge in [-0.2, -0.15) is 0 Å². The molecule has 1 heteroatoms. The van der Waals surface area contributed by atoms with Gasteiger partial charge in [0.25, 0.3) is 0 Å². The molecule has 0 radical (unpaired) electrons. The van der Waals surface area contributed by atoms with Gasteiger partial charge in [-0.3, -0.25) is 0 Å². The molecule has 1 atom stereocenters. The molecule has 0 amide bonds. The highest BCUT2D eigenvalue weighted by Gasteiger charge is 2.29. The van der Waals surface area contributed by atoms with E-state index in [1.54, 1.807) is 0 Å². The molecular formula is C16H33N. The maximum absolute atomic E-state index is 3.88. The van der Waals surface area contributed by atoms with Crippen LogP contribution in [0.25, 0.3) is 0 Å². The highest BCUT2D eigenvalue weighted by atomic mass is 14.9. The third-order valence-corrected chi connectivity index (χ3v) is 4.55. The van der Waals surface area contributed by atoms with E-state index in [0.29, 0.717) is 5.41 Å². The van der Waals surface area contributed by atoms with Crippen LogP contribution in [0.15, 0.2) is 0 Å². The Balaban J connectivity index is 2.31. The highest BCUT2D eigenvalue weighted by molar-refractivity contribution is 4.84. The van der Waals surface area contributed by atoms with Gasteiger partial charge in [-0.1, -0.05) is 41.0 Å². The van der Waals surface area contributed by atoms with E-state index < -0.39 is 0 Å². The lowest BCUT2D eigenvalue weighted by atomic mass is 9.71. The number of rotatable bonds is 5. The first kappa shape index (κ1) is 15.0. The molecule has 1 N–H and O–H groups in total. The van der Waals surface area contributed by atoms with E-state index in [-0.39, 0.29) is 0 Å². The van der Waals surface area contributed by atoms with Gasteiger partial charge >= 0.3 is 0 Å². The van der Waals surface area contributed by atoms with Gasteiger partial charge in [0.1, 0.15) is 0 Å². The quantitative estimate of drug-likeness (QED) is 0.729. The molecule has 1 aliphatic carbocycles. The van der Waals surface area contributed by atoms with Gasteiger partial charge in [0, 0.05) is 12.1 Å². The van der Waals surface area contributed by atoms with Crippen molar-refractivity contribution in [3.05, 3.63) is 0 Å². The molecule has 0 spiro atoms. The molecule has 1 fully saturated rings. The van der Waals surface area contributed by atoms with Gasteiger partial charge in [0.2, 0.25) is 0 Å². The first-order valence-electron chi connectivity index (χ1n) is 7.73. The van der Waals surface area contributed by atoms with Crippen LogP contribution in [0.1, 0.15) is 79.6 Å². The van der Waals surface area contributed by atoms with Gasteiger partial charge in [-0.15, -0.1) is 0 Å². The summed E-state index contributed by atoms with van der Waals surface area (Å²) in [5.41, 5.74) is 0.512. The van der Waals surface area contributed by atoms with E-state index in [9.17, 15) is 0 Å². The standard InChI is InChI=1S/C16H33N/c1-6-8-14(7-2)17-15-11-9-13(10-12-15)16(3,4)5/h13-15,17H,6-12H2,1-5H3. The molecule has 17 heavy (non-hydrogen) atoms. The molecule has 102 valence electrons. The Labute approximate surface area is 109 Å². The van der Waals surface area contributed by atoms with E-state index in [0.717, 1.165) is 18.0 Å². The molecule has 1 saturated carbocycles. The predicted molar refractivity (Wildman–Crippen MR) is 77.3 cm³/mol. The Morgan fingerprint density at radius 1 is 1.06 bits per heavy atom. The molecule has 1 aliphatic rings. The van der Waals surface area contributed by atoms with Crippen LogP contribution in [0.4, 0.5) is 0 Å². The summed E-state index contributed by atoms with van der Waals surface area (Å²) in [4.78, 5) is 0. The van der Waals surface area contributed by atoms with Crippen molar-refractivity contribution in [3.63, 3.8) is 0 Å². The molecule has 0 bridgehead atoms. The van der Waals surface area contributed by atoms with Crippen molar-refractivity contribution < 1.29 is 0 Å². The molecule has 0 aromatic rings. The van der Waals surface area contributed by atoms with Crippen LogP contribution < -0.4 is 5.32 Å². The summed E-state index contributed by atoms with van der Waals surface area (Å²) in [7, 11) is 0. The van der Waals surface area contributed by atoms with Crippen molar-refractivity contribution in [2.45, 2.75) is 91.6 Å². The smallest absolute Gasteiger partial charge is 0.00698 e. The Morgan fingerprint density at radius 3 is 2.06 bits per heavy atom.